The van der Waals surface area contributed by atoms with E-state index in [4.69, 9.17) is 33.9 Å². The van der Waals surface area contributed by atoms with E-state index in [1.54, 1.807) is 18.2 Å². The summed E-state index contributed by atoms with van der Waals surface area (Å²) in [6, 6.07) is 6.52. The molecule has 3 atom stereocenters. The van der Waals surface area contributed by atoms with Gasteiger partial charge in [0.2, 0.25) is 5.88 Å². The maximum atomic E-state index is 17.8. The van der Waals surface area contributed by atoms with E-state index in [1.165, 1.54) is 13.2 Å². The van der Waals surface area contributed by atoms with Crippen molar-refractivity contribution in [3.63, 3.8) is 0 Å². The van der Waals surface area contributed by atoms with E-state index in [-0.39, 0.29) is 48.1 Å². The predicted molar refractivity (Wildman–Crippen MR) is 224 cm³/mol. The molecule has 58 heavy (non-hydrogen) atoms. The number of pyridine rings is 1. The lowest BCUT2D eigenvalue weighted by Crippen LogP contribution is -2.43. The number of alkyl halides is 1. The first-order valence-corrected chi connectivity index (χ1v) is 23.3. The van der Waals surface area contributed by atoms with Crippen LogP contribution in [0.1, 0.15) is 92.1 Å². The van der Waals surface area contributed by atoms with Crippen molar-refractivity contribution >= 4 is 35.6 Å². The number of halogens is 3. The largest absolute Gasteiger partial charge is 0.475 e. The van der Waals surface area contributed by atoms with Gasteiger partial charge >= 0.3 is 6.01 Å². The normalized spacial score (nSPS) is 22.2. The fraction of sp³-hybridized carbons (Fsp3) is 0.578. The van der Waals surface area contributed by atoms with Crippen LogP contribution in [0.15, 0.2) is 24.3 Å². The third kappa shape index (κ3) is 7.06. The Hall–Kier alpha value is -4.12. The third-order valence-corrected chi connectivity index (χ3v) is 19.7. The monoisotopic (exact) mass is 815 g/mol. The van der Waals surface area contributed by atoms with E-state index in [0.29, 0.717) is 76.0 Å². The van der Waals surface area contributed by atoms with Crippen LogP contribution in [0.3, 0.4) is 0 Å². The van der Waals surface area contributed by atoms with Gasteiger partial charge in [0.15, 0.2) is 12.6 Å². The van der Waals surface area contributed by atoms with Gasteiger partial charge in [0.25, 0.3) is 0 Å². The maximum Gasteiger partial charge on any atom is 0.319 e. The van der Waals surface area contributed by atoms with E-state index in [1.807, 2.05) is 0 Å². The van der Waals surface area contributed by atoms with Crippen LogP contribution in [-0.4, -0.2) is 92.4 Å². The molecule has 6 heterocycles. The van der Waals surface area contributed by atoms with Gasteiger partial charge in [-0.05, 0) is 72.4 Å². The van der Waals surface area contributed by atoms with E-state index in [0.717, 1.165) is 45.1 Å². The predicted octanol–water partition coefficient (Wildman–Crippen LogP) is 9.77. The number of anilines is 1. The number of ether oxygens (including phenoxy) is 4. The van der Waals surface area contributed by atoms with Crippen molar-refractivity contribution in [1.29, 1.82) is 0 Å². The van der Waals surface area contributed by atoms with Crippen LogP contribution in [0, 0.1) is 23.1 Å². The van der Waals surface area contributed by atoms with Crippen molar-refractivity contribution in [2.24, 2.45) is 0 Å². The molecule has 2 aromatic carbocycles. The molecule has 0 saturated carbocycles. The maximum absolute atomic E-state index is 17.8. The first-order valence-electron chi connectivity index (χ1n) is 21.1. The summed E-state index contributed by atoms with van der Waals surface area (Å²) >= 11 is 0. The highest BCUT2D eigenvalue weighted by molar-refractivity contribution is 6.90. The van der Waals surface area contributed by atoms with Gasteiger partial charge in [-0.25, -0.2) is 18.2 Å². The molecule has 0 bridgehead atoms. The summed E-state index contributed by atoms with van der Waals surface area (Å²) in [4.78, 5) is 19.0. The standard InChI is InChI=1S/C45H56F3N5O4Si/c1-27(2)58(28(3)4,29(5)6)19-15-34-36(47)14-13-30-20-33(57-26-54-7)21-35(37(30)34)40-39(48)41-38-42(53-18-10-8-9-12-32(53)24-55-43(38)49-40)51-44(50-41)56-25-45-16-11-17-52(45)23-31(46)22-45/h13-14,20-21,27-29,31-32H,8-12,16-18,22-26H2,1-7H3/t31-,32?,45+/m1/s1. The van der Waals surface area contributed by atoms with Crippen LogP contribution in [0.2, 0.25) is 16.6 Å². The smallest absolute Gasteiger partial charge is 0.319 e. The van der Waals surface area contributed by atoms with Crippen LogP contribution < -0.4 is 19.1 Å². The number of aromatic nitrogens is 3. The zero-order valence-corrected chi connectivity index (χ0v) is 35.9. The summed E-state index contributed by atoms with van der Waals surface area (Å²) in [6.07, 6.45) is 5.15. The molecule has 2 aromatic heterocycles. The van der Waals surface area contributed by atoms with Gasteiger partial charge in [0.1, 0.15) is 61.4 Å². The topological polar surface area (TPSA) is 82.1 Å². The molecular formula is C45H56F3N5O4Si. The van der Waals surface area contributed by atoms with Gasteiger partial charge in [-0.15, -0.1) is 5.54 Å². The summed E-state index contributed by atoms with van der Waals surface area (Å²) in [5.41, 5.74) is 4.58. The molecule has 310 valence electrons. The SMILES string of the molecule is COCOc1cc(-c2nc3c4c(nc(OC[C@@]56CCCN5C[C@H](F)C6)nc4c2F)N2CCCCCC2CO3)c2c(C#C[Si](C(C)C)(C(C)C)C(C)C)c(F)ccc2c1. The Labute approximate surface area is 341 Å². The first-order chi connectivity index (χ1) is 27.9. The molecule has 3 saturated heterocycles. The van der Waals surface area contributed by atoms with E-state index < -0.39 is 31.4 Å². The summed E-state index contributed by atoms with van der Waals surface area (Å²) in [6.45, 7) is 15.7. The van der Waals surface area contributed by atoms with E-state index in [9.17, 15) is 4.39 Å². The fourth-order valence-corrected chi connectivity index (χ4v) is 15.9. The molecule has 8 rings (SSSR count). The minimum Gasteiger partial charge on any atom is -0.475 e. The highest BCUT2D eigenvalue weighted by Gasteiger charge is 2.49. The number of fused-ring (bicyclic) bond motifs is 4. The van der Waals surface area contributed by atoms with Crippen molar-refractivity contribution in [3.05, 3.63) is 41.5 Å². The molecule has 4 aliphatic rings. The van der Waals surface area contributed by atoms with Crippen LogP contribution in [-0.2, 0) is 4.74 Å². The molecule has 9 nitrogen and oxygen atoms in total. The van der Waals surface area contributed by atoms with E-state index >= 15 is 8.78 Å². The minimum absolute atomic E-state index is 0.00767. The molecule has 4 aliphatic heterocycles. The molecule has 4 aromatic rings. The Morgan fingerprint density at radius 1 is 0.948 bits per heavy atom. The Bertz CT molecular complexity index is 2240. The van der Waals surface area contributed by atoms with E-state index in [2.05, 4.69) is 62.8 Å². The van der Waals surface area contributed by atoms with Crippen molar-refractivity contribution in [3.8, 4) is 40.4 Å². The second-order valence-corrected chi connectivity index (χ2v) is 23.3. The lowest BCUT2D eigenvalue weighted by Gasteiger charge is -2.38. The molecule has 0 N–H and O–H groups in total. The van der Waals surface area contributed by atoms with Crippen molar-refractivity contribution in [1.82, 2.24) is 19.9 Å². The molecule has 0 spiro atoms. The highest BCUT2D eigenvalue weighted by atomic mass is 28.3. The molecule has 0 amide bonds. The Morgan fingerprint density at radius 2 is 1.74 bits per heavy atom. The van der Waals surface area contributed by atoms with Crippen molar-refractivity contribution in [2.45, 2.75) is 121 Å². The van der Waals surface area contributed by atoms with Crippen LogP contribution in [0.5, 0.6) is 17.6 Å². The zero-order valence-electron chi connectivity index (χ0n) is 34.9. The van der Waals surface area contributed by atoms with Crippen LogP contribution in [0.4, 0.5) is 19.0 Å². The molecule has 1 unspecified atom stereocenters. The van der Waals surface area contributed by atoms with Gasteiger partial charge in [0.05, 0.1) is 17.1 Å². The Kier molecular flexibility index (Phi) is 11.3. The fourth-order valence-electron chi connectivity index (χ4n) is 10.6. The summed E-state index contributed by atoms with van der Waals surface area (Å²) < 4.78 is 73.0. The lowest BCUT2D eigenvalue weighted by molar-refractivity contribution is 0.0512. The second kappa shape index (κ2) is 16.1. The quantitative estimate of drug-likeness (QED) is 0.0883. The number of benzene rings is 2. The second-order valence-electron chi connectivity index (χ2n) is 17.7. The Balaban J connectivity index is 1.36. The summed E-state index contributed by atoms with van der Waals surface area (Å²) in [7, 11) is -0.784. The average Bonchev–Trinajstić information content (AvgIpc) is 3.54. The van der Waals surface area contributed by atoms with Gasteiger partial charge in [0, 0.05) is 37.6 Å². The van der Waals surface area contributed by atoms with Gasteiger partial charge in [-0.2, -0.15) is 9.97 Å². The first kappa shape index (κ1) is 40.6. The molecule has 3 fully saturated rings. The number of hydrogen-bond acceptors (Lipinski definition) is 9. The van der Waals surface area contributed by atoms with Crippen molar-refractivity contribution in [2.75, 3.05) is 51.7 Å². The zero-order chi connectivity index (χ0) is 40.9. The van der Waals surface area contributed by atoms with Gasteiger partial charge in [-0.3, -0.25) is 4.90 Å². The van der Waals surface area contributed by atoms with Gasteiger partial charge < -0.3 is 23.8 Å². The summed E-state index contributed by atoms with van der Waals surface area (Å²) in [5.74, 6) is 3.23. The minimum atomic E-state index is -2.31. The number of hydrogen-bond donors (Lipinski definition) is 0. The van der Waals surface area contributed by atoms with Crippen LogP contribution >= 0.6 is 0 Å². The molecule has 0 aliphatic carbocycles. The van der Waals surface area contributed by atoms with Gasteiger partial charge in [-0.1, -0.05) is 66.4 Å². The third-order valence-electron chi connectivity index (χ3n) is 13.4. The number of rotatable bonds is 10. The number of nitrogens with zero attached hydrogens (tertiary/aromatic N) is 5. The lowest BCUT2D eigenvalue weighted by atomic mass is 9.95. The highest BCUT2D eigenvalue weighted by Crippen LogP contribution is 2.46. The number of methoxy groups -OCH3 is 1. The molecular weight excluding hydrogens is 760 g/mol. The van der Waals surface area contributed by atoms with Crippen molar-refractivity contribution < 1.29 is 32.1 Å². The molecule has 13 heteroatoms. The summed E-state index contributed by atoms with van der Waals surface area (Å²) in [5, 5.41) is 1.40. The average molecular weight is 816 g/mol. The Morgan fingerprint density at radius 3 is 2.50 bits per heavy atom. The van der Waals surface area contributed by atoms with Crippen LogP contribution in [0.25, 0.3) is 32.9 Å². The molecule has 0 radical (unpaired) electrons.